The Kier molecular flexibility index (Phi) is 3.15. The number of ether oxygens (including phenoxy) is 1. The van der Waals surface area contributed by atoms with Gasteiger partial charge in [-0.25, -0.2) is 4.79 Å². The van der Waals surface area contributed by atoms with Crippen molar-refractivity contribution in [1.29, 1.82) is 0 Å². The number of carbonyl (C=O) groups excluding carboxylic acids is 1. The van der Waals surface area contributed by atoms with Crippen LogP contribution in [0.2, 0.25) is 0 Å². The number of hydrogen-bond acceptors (Lipinski definition) is 2. The smallest absolute Gasteiger partial charge is 0.339 e. The SMILES string of the molecule is O=C1O[C@@H](C/C=C/c2ccccc2)c2ccccc21. The monoisotopic (exact) mass is 250 g/mol. The number of benzene rings is 2. The first kappa shape index (κ1) is 11.7. The first-order valence-corrected chi connectivity index (χ1v) is 6.36. The molecule has 0 saturated heterocycles. The van der Waals surface area contributed by atoms with E-state index in [1.807, 2.05) is 54.6 Å². The highest BCUT2D eigenvalue weighted by atomic mass is 16.5. The van der Waals surface area contributed by atoms with Crippen molar-refractivity contribution in [2.24, 2.45) is 0 Å². The minimum Gasteiger partial charge on any atom is -0.454 e. The van der Waals surface area contributed by atoms with Crippen LogP contribution in [-0.4, -0.2) is 5.97 Å². The molecule has 0 unspecified atom stereocenters. The maximum Gasteiger partial charge on any atom is 0.339 e. The summed E-state index contributed by atoms with van der Waals surface area (Å²) in [4.78, 5) is 11.7. The molecule has 0 radical (unpaired) electrons. The summed E-state index contributed by atoms with van der Waals surface area (Å²) in [5.74, 6) is -0.214. The molecule has 0 amide bonds. The van der Waals surface area contributed by atoms with E-state index >= 15 is 0 Å². The molecular formula is C17H14O2. The molecule has 0 aliphatic carbocycles. The van der Waals surface area contributed by atoms with Crippen molar-refractivity contribution >= 4 is 12.0 Å². The standard InChI is InChI=1S/C17H14O2/c18-17-15-11-5-4-10-14(15)16(19-17)12-6-9-13-7-2-1-3-8-13/h1-11,16H,12H2/b9-6+/t16-/m0/s1. The molecule has 3 rings (SSSR count). The molecule has 2 nitrogen and oxygen atoms in total. The van der Waals surface area contributed by atoms with Crippen LogP contribution < -0.4 is 0 Å². The Balaban J connectivity index is 1.73. The Hall–Kier alpha value is -2.35. The van der Waals surface area contributed by atoms with Crippen molar-refractivity contribution in [3.8, 4) is 0 Å². The van der Waals surface area contributed by atoms with E-state index in [1.54, 1.807) is 0 Å². The van der Waals surface area contributed by atoms with Crippen molar-refractivity contribution in [1.82, 2.24) is 0 Å². The molecule has 0 saturated carbocycles. The van der Waals surface area contributed by atoms with Gasteiger partial charge in [-0.2, -0.15) is 0 Å². The van der Waals surface area contributed by atoms with E-state index in [2.05, 4.69) is 12.2 Å². The van der Waals surface area contributed by atoms with E-state index in [1.165, 1.54) is 0 Å². The summed E-state index contributed by atoms with van der Waals surface area (Å²) >= 11 is 0. The second-order valence-electron chi connectivity index (χ2n) is 4.53. The molecule has 0 bridgehead atoms. The predicted molar refractivity (Wildman–Crippen MR) is 74.7 cm³/mol. The lowest BCUT2D eigenvalue weighted by Gasteiger charge is -2.07. The molecule has 19 heavy (non-hydrogen) atoms. The van der Waals surface area contributed by atoms with E-state index in [0.29, 0.717) is 12.0 Å². The summed E-state index contributed by atoms with van der Waals surface area (Å²) in [6.07, 6.45) is 4.66. The average molecular weight is 250 g/mol. The predicted octanol–water partition coefficient (Wildman–Crippen LogP) is 4.00. The van der Waals surface area contributed by atoms with Gasteiger partial charge in [0.25, 0.3) is 0 Å². The van der Waals surface area contributed by atoms with E-state index < -0.39 is 0 Å². The van der Waals surface area contributed by atoms with Crippen molar-refractivity contribution in [2.45, 2.75) is 12.5 Å². The second-order valence-corrected chi connectivity index (χ2v) is 4.53. The molecule has 2 heteroatoms. The largest absolute Gasteiger partial charge is 0.454 e. The fourth-order valence-electron chi connectivity index (χ4n) is 2.29. The van der Waals surface area contributed by atoms with Gasteiger partial charge in [0, 0.05) is 12.0 Å². The third-order valence-corrected chi connectivity index (χ3v) is 3.24. The number of esters is 1. The van der Waals surface area contributed by atoms with Crippen LogP contribution in [0.4, 0.5) is 0 Å². The molecule has 0 aromatic heterocycles. The zero-order valence-corrected chi connectivity index (χ0v) is 10.5. The summed E-state index contributed by atoms with van der Waals surface area (Å²) in [7, 11) is 0. The van der Waals surface area contributed by atoms with Crippen molar-refractivity contribution < 1.29 is 9.53 Å². The van der Waals surface area contributed by atoms with Crippen LogP contribution in [0.15, 0.2) is 60.7 Å². The molecule has 1 heterocycles. The Morgan fingerprint density at radius 3 is 2.58 bits per heavy atom. The third kappa shape index (κ3) is 2.43. The number of carbonyl (C=O) groups is 1. The van der Waals surface area contributed by atoms with Crippen LogP contribution in [0, 0.1) is 0 Å². The van der Waals surface area contributed by atoms with Gasteiger partial charge < -0.3 is 4.74 Å². The molecule has 94 valence electrons. The first-order chi connectivity index (χ1) is 9.34. The van der Waals surface area contributed by atoms with Crippen LogP contribution in [-0.2, 0) is 4.74 Å². The summed E-state index contributed by atoms with van der Waals surface area (Å²) in [6.45, 7) is 0. The van der Waals surface area contributed by atoms with Crippen molar-refractivity contribution in [3.05, 3.63) is 77.4 Å². The molecule has 0 spiro atoms. The summed E-state index contributed by atoms with van der Waals surface area (Å²) in [5.41, 5.74) is 2.84. The molecule has 2 aromatic rings. The average Bonchev–Trinajstić information content (AvgIpc) is 2.78. The third-order valence-electron chi connectivity index (χ3n) is 3.24. The van der Waals surface area contributed by atoms with E-state index in [4.69, 9.17) is 4.74 Å². The molecule has 1 aliphatic heterocycles. The van der Waals surface area contributed by atoms with Gasteiger partial charge in [0.1, 0.15) is 6.10 Å². The van der Waals surface area contributed by atoms with Gasteiger partial charge in [0.05, 0.1) is 5.56 Å². The molecule has 1 aliphatic rings. The first-order valence-electron chi connectivity index (χ1n) is 6.36. The van der Waals surface area contributed by atoms with Crippen molar-refractivity contribution in [2.75, 3.05) is 0 Å². The molecular weight excluding hydrogens is 236 g/mol. The molecule has 0 N–H and O–H groups in total. The summed E-state index contributed by atoms with van der Waals surface area (Å²) in [5, 5.41) is 0. The van der Waals surface area contributed by atoms with E-state index in [-0.39, 0.29) is 12.1 Å². The van der Waals surface area contributed by atoms with Gasteiger partial charge in [-0.1, -0.05) is 60.7 Å². The summed E-state index contributed by atoms with van der Waals surface area (Å²) in [6, 6.07) is 17.7. The zero-order chi connectivity index (χ0) is 13.1. The van der Waals surface area contributed by atoms with Crippen LogP contribution >= 0.6 is 0 Å². The Labute approximate surface area is 112 Å². The minimum atomic E-state index is -0.214. The number of rotatable bonds is 3. The van der Waals surface area contributed by atoms with Crippen LogP contribution in [0.5, 0.6) is 0 Å². The van der Waals surface area contributed by atoms with Crippen molar-refractivity contribution in [3.63, 3.8) is 0 Å². The van der Waals surface area contributed by atoms with Crippen LogP contribution in [0.25, 0.3) is 6.08 Å². The second kappa shape index (κ2) is 5.11. The fraction of sp³-hybridized carbons (Fsp3) is 0.118. The number of hydrogen-bond donors (Lipinski definition) is 0. The van der Waals surface area contributed by atoms with Crippen LogP contribution in [0.1, 0.15) is 34.0 Å². The minimum absolute atomic E-state index is 0.149. The highest BCUT2D eigenvalue weighted by Crippen LogP contribution is 2.33. The lowest BCUT2D eigenvalue weighted by atomic mass is 10.0. The van der Waals surface area contributed by atoms with Gasteiger partial charge in [-0.05, 0) is 11.6 Å². The normalized spacial score (nSPS) is 17.5. The Bertz CT molecular complexity index is 614. The quantitative estimate of drug-likeness (QED) is 0.769. The molecule has 2 aromatic carbocycles. The maximum absolute atomic E-state index is 11.7. The Morgan fingerprint density at radius 1 is 1.00 bits per heavy atom. The van der Waals surface area contributed by atoms with Gasteiger partial charge in [-0.15, -0.1) is 0 Å². The lowest BCUT2D eigenvalue weighted by molar-refractivity contribution is 0.0392. The van der Waals surface area contributed by atoms with E-state index in [9.17, 15) is 4.79 Å². The van der Waals surface area contributed by atoms with Gasteiger partial charge in [0.2, 0.25) is 0 Å². The lowest BCUT2D eigenvalue weighted by Crippen LogP contribution is -1.97. The zero-order valence-electron chi connectivity index (χ0n) is 10.5. The summed E-state index contributed by atoms with van der Waals surface area (Å²) < 4.78 is 5.38. The van der Waals surface area contributed by atoms with Gasteiger partial charge in [-0.3, -0.25) is 0 Å². The van der Waals surface area contributed by atoms with Gasteiger partial charge >= 0.3 is 5.97 Å². The molecule has 0 fully saturated rings. The van der Waals surface area contributed by atoms with Crippen LogP contribution in [0.3, 0.4) is 0 Å². The topological polar surface area (TPSA) is 26.3 Å². The number of fused-ring (bicyclic) bond motifs is 1. The fourth-order valence-corrected chi connectivity index (χ4v) is 2.29. The van der Waals surface area contributed by atoms with E-state index in [0.717, 1.165) is 11.1 Å². The highest BCUT2D eigenvalue weighted by Gasteiger charge is 2.29. The maximum atomic E-state index is 11.7. The Morgan fingerprint density at radius 2 is 1.74 bits per heavy atom. The van der Waals surface area contributed by atoms with Gasteiger partial charge in [0.15, 0.2) is 0 Å². The highest BCUT2D eigenvalue weighted by molar-refractivity contribution is 5.94. The molecule has 1 atom stereocenters. The number of cyclic esters (lactones) is 1.